The van der Waals surface area contributed by atoms with Crippen LogP contribution in [0.25, 0.3) is 0 Å². The molecule has 102 valence electrons. The Balaban J connectivity index is 1.93. The van der Waals surface area contributed by atoms with Gasteiger partial charge >= 0.3 is 5.97 Å². The molecule has 6 heteroatoms. The van der Waals surface area contributed by atoms with E-state index in [1.807, 2.05) is 0 Å². The first-order valence-corrected chi connectivity index (χ1v) is 6.24. The smallest absolute Gasteiger partial charge is 0.305 e. The molecule has 1 aliphatic rings. The van der Waals surface area contributed by atoms with Crippen molar-refractivity contribution in [1.82, 2.24) is 9.88 Å². The average molecular weight is 264 g/mol. The molecule has 1 aromatic rings. The van der Waals surface area contributed by atoms with Crippen molar-refractivity contribution < 1.29 is 19.4 Å². The number of amides is 1. The summed E-state index contributed by atoms with van der Waals surface area (Å²) in [5, 5.41) is 10.0. The van der Waals surface area contributed by atoms with Crippen LogP contribution in [0.4, 0.5) is 0 Å². The summed E-state index contributed by atoms with van der Waals surface area (Å²) in [4.78, 5) is 28.5. The van der Waals surface area contributed by atoms with E-state index in [-0.39, 0.29) is 24.0 Å². The van der Waals surface area contributed by atoms with Crippen molar-refractivity contribution in [1.29, 1.82) is 0 Å². The molecule has 0 saturated heterocycles. The van der Waals surface area contributed by atoms with Crippen LogP contribution in [0.15, 0.2) is 18.3 Å². The number of aliphatic hydroxyl groups excluding tert-OH is 1. The highest BCUT2D eigenvalue weighted by Gasteiger charge is 2.35. The first kappa shape index (κ1) is 13.5. The quantitative estimate of drug-likeness (QED) is 0.798. The van der Waals surface area contributed by atoms with Crippen LogP contribution >= 0.6 is 0 Å². The average Bonchev–Trinajstić information content (AvgIpc) is 2.65. The van der Waals surface area contributed by atoms with Crippen LogP contribution in [0.1, 0.15) is 42.0 Å². The molecule has 1 atom stereocenters. The second-order valence-electron chi connectivity index (χ2n) is 4.22. The molecular formula is C13H16N2O4. The second-order valence-corrected chi connectivity index (χ2v) is 4.22. The third kappa shape index (κ3) is 2.73. The maximum absolute atomic E-state index is 12.0. The van der Waals surface area contributed by atoms with Gasteiger partial charge in [0.15, 0.2) is 6.23 Å². The summed E-state index contributed by atoms with van der Waals surface area (Å²) >= 11 is 0. The highest BCUT2D eigenvalue weighted by molar-refractivity contribution is 5.96. The van der Waals surface area contributed by atoms with Crippen molar-refractivity contribution >= 4 is 11.9 Å². The fourth-order valence-corrected chi connectivity index (χ4v) is 2.07. The molecule has 0 aromatic carbocycles. The lowest BCUT2D eigenvalue weighted by atomic mass is 10.2. The van der Waals surface area contributed by atoms with Crippen LogP contribution in [0.5, 0.6) is 0 Å². The van der Waals surface area contributed by atoms with Crippen molar-refractivity contribution in [3.05, 3.63) is 29.6 Å². The lowest BCUT2D eigenvalue weighted by molar-refractivity contribution is -0.143. The molecule has 0 bridgehead atoms. The minimum absolute atomic E-state index is 0.230. The van der Waals surface area contributed by atoms with Gasteiger partial charge in [0.2, 0.25) is 0 Å². The normalized spacial score (nSPS) is 17.5. The van der Waals surface area contributed by atoms with E-state index >= 15 is 0 Å². The van der Waals surface area contributed by atoms with Gasteiger partial charge in [0, 0.05) is 24.7 Å². The van der Waals surface area contributed by atoms with Gasteiger partial charge in [-0.2, -0.15) is 0 Å². The van der Waals surface area contributed by atoms with E-state index in [4.69, 9.17) is 4.74 Å². The number of ether oxygens (including phenoxy) is 1. The molecule has 0 radical (unpaired) electrons. The van der Waals surface area contributed by atoms with E-state index in [1.54, 1.807) is 19.1 Å². The number of carbonyl (C=O) groups excluding carboxylic acids is 2. The highest BCUT2D eigenvalue weighted by Crippen LogP contribution is 2.29. The first-order chi connectivity index (χ1) is 9.15. The molecule has 0 fully saturated rings. The summed E-state index contributed by atoms with van der Waals surface area (Å²) in [6.45, 7) is 2.39. The van der Waals surface area contributed by atoms with Gasteiger partial charge in [-0.1, -0.05) is 6.07 Å². The molecule has 0 aliphatic carbocycles. The van der Waals surface area contributed by atoms with Crippen molar-refractivity contribution in [2.75, 3.05) is 13.2 Å². The number of carbonyl (C=O) groups is 2. The molecule has 1 aliphatic heterocycles. The molecule has 1 unspecified atom stereocenters. The molecular weight excluding hydrogens is 248 g/mol. The van der Waals surface area contributed by atoms with E-state index in [0.29, 0.717) is 25.1 Å². The number of fused-ring (bicyclic) bond motifs is 1. The van der Waals surface area contributed by atoms with Gasteiger partial charge in [-0.25, -0.2) is 0 Å². The zero-order chi connectivity index (χ0) is 13.8. The zero-order valence-electron chi connectivity index (χ0n) is 10.7. The number of rotatable bonds is 5. The number of hydrogen-bond acceptors (Lipinski definition) is 5. The third-order valence-corrected chi connectivity index (χ3v) is 2.96. The van der Waals surface area contributed by atoms with E-state index in [2.05, 4.69) is 4.98 Å². The summed E-state index contributed by atoms with van der Waals surface area (Å²) in [7, 11) is 0. The van der Waals surface area contributed by atoms with Crippen LogP contribution < -0.4 is 0 Å². The number of aliphatic hydroxyl groups is 1. The number of esters is 1. The van der Waals surface area contributed by atoms with Gasteiger partial charge in [0.05, 0.1) is 6.61 Å². The van der Waals surface area contributed by atoms with Crippen molar-refractivity contribution in [2.24, 2.45) is 0 Å². The van der Waals surface area contributed by atoms with E-state index in [0.717, 1.165) is 0 Å². The van der Waals surface area contributed by atoms with Crippen LogP contribution in [-0.2, 0) is 9.53 Å². The number of hydrogen-bond donors (Lipinski definition) is 1. The standard InChI is InChI=1S/C13H16N2O4/c1-2-19-10(16)6-4-8-15-12(17)9-5-3-7-14-11(9)13(15)18/h3,5,7,12,17H,2,4,6,8H2,1H3. The Morgan fingerprint density at radius 2 is 2.37 bits per heavy atom. The van der Waals surface area contributed by atoms with Gasteiger partial charge in [0.25, 0.3) is 5.91 Å². The van der Waals surface area contributed by atoms with Gasteiger partial charge < -0.3 is 14.7 Å². The number of nitrogens with zero attached hydrogens (tertiary/aromatic N) is 2. The van der Waals surface area contributed by atoms with Gasteiger partial charge in [-0.15, -0.1) is 0 Å². The Kier molecular flexibility index (Phi) is 4.11. The Labute approximate surface area is 111 Å². The summed E-state index contributed by atoms with van der Waals surface area (Å²) in [5.41, 5.74) is 0.801. The van der Waals surface area contributed by atoms with Gasteiger partial charge in [-0.3, -0.25) is 14.6 Å². The largest absolute Gasteiger partial charge is 0.466 e. The minimum atomic E-state index is -0.974. The Bertz CT molecular complexity index is 489. The predicted molar refractivity (Wildman–Crippen MR) is 66.1 cm³/mol. The zero-order valence-corrected chi connectivity index (χ0v) is 10.7. The molecule has 0 saturated carbocycles. The molecule has 1 N–H and O–H groups in total. The SMILES string of the molecule is CCOC(=O)CCCN1C(=O)c2ncccc2C1O. The van der Waals surface area contributed by atoms with Crippen molar-refractivity contribution in [2.45, 2.75) is 26.0 Å². The monoisotopic (exact) mass is 264 g/mol. The highest BCUT2D eigenvalue weighted by atomic mass is 16.5. The predicted octanol–water partition coefficient (Wildman–Crippen LogP) is 0.872. The summed E-state index contributed by atoms with van der Waals surface area (Å²) in [6, 6.07) is 3.35. The molecule has 2 heterocycles. The molecule has 6 nitrogen and oxygen atoms in total. The Hall–Kier alpha value is -1.95. The third-order valence-electron chi connectivity index (χ3n) is 2.96. The van der Waals surface area contributed by atoms with Crippen LogP contribution in [0.3, 0.4) is 0 Å². The van der Waals surface area contributed by atoms with Gasteiger partial charge in [-0.05, 0) is 19.4 Å². The van der Waals surface area contributed by atoms with Crippen molar-refractivity contribution in [3.8, 4) is 0 Å². The lowest BCUT2D eigenvalue weighted by Crippen LogP contribution is -2.29. The summed E-state index contributed by atoms with van der Waals surface area (Å²) < 4.78 is 4.80. The van der Waals surface area contributed by atoms with E-state index in [1.165, 1.54) is 11.1 Å². The fourth-order valence-electron chi connectivity index (χ4n) is 2.07. The van der Waals surface area contributed by atoms with E-state index < -0.39 is 6.23 Å². The maximum Gasteiger partial charge on any atom is 0.305 e. The maximum atomic E-state index is 12.0. The Morgan fingerprint density at radius 1 is 1.58 bits per heavy atom. The summed E-state index contributed by atoms with van der Waals surface area (Å²) in [6.07, 6.45) is 1.23. The van der Waals surface area contributed by atoms with Crippen LogP contribution in [0.2, 0.25) is 0 Å². The first-order valence-electron chi connectivity index (χ1n) is 6.24. The molecule has 1 amide bonds. The van der Waals surface area contributed by atoms with Crippen LogP contribution in [0, 0.1) is 0 Å². The second kappa shape index (κ2) is 5.79. The topological polar surface area (TPSA) is 79.7 Å². The molecule has 2 rings (SSSR count). The fraction of sp³-hybridized carbons (Fsp3) is 0.462. The Morgan fingerprint density at radius 3 is 3.05 bits per heavy atom. The van der Waals surface area contributed by atoms with E-state index in [9.17, 15) is 14.7 Å². The summed E-state index contributed by atoms with van der Waals surface area (Å²) in [5.74, 6) is -0.591. The molecule has 0 spiro atoms. The minimum Gasteiger partial charge on any atom is -0.466 e. The van der Waals surface area contributed by atoms with Gasteiger partial charge in [0.1, 0.15) is 5.69 Å². The lowest BCUT2D eigenvalue weighted by Gasteiger charge is -2.20. The van der Waals surface area contributed by atoms with Crippen LogP contribution in [-0.4, -0.2) is 40.0 Å². The molecule has 1 aromatic heterocycles. The molecule has 19 heavy (non-hydrogen) atoms. The number of pyridine rings is 1. The number of aromatic nitrogens is 1. The van der Waals surface area contributed by atoms with Crippen molar-refractivity contribution in [3.63, 3.8) is 0 Å².